The Kier molecular flexibility index (Phi) is 3.63. The van der Waals surface area contributed by atoms with Crippen molar-refractivity contribution in [3.63, 3.8) is 0 Å². The van der Waals surface area contributed by atoms with E-state index in [0.29, 0.717) is 11.1 Å². The molecule has 3 aromatic rings. The molecule has 0 saturated heterocycles. The van der Waals surface area contributed by atoms with Crippen LogP contribution in [0.25, 0.3) is 11.0 Å². The highest BCUT2D eigenvalue weighted by atomic mass is 19.1. The summed E-state index contributed by atoms with van der Waals surface area (Å²) in [5.41, 5.74) is 2.73. The van der Waals surface area contributed by atoms with Gasteiger partial charge in [0.25, 0.3) is 5.91 Å². The number of carbonyl (C=O) groups excluding carboxylic acids is 1. The Morgan fingerprint density at radius 1 is 1.27 bits per heavy atom. The van der Waals surface area contributed by atoms with Crippen LogP contribution in [-0.4, -0.2) is 15.5 Å². The van der Waals surface area contributed by atoms with Gasteiger partial charge in [0.2, 0.25) is 0 Å². The molecule has 0 saturated carbocycles. The van der Waals surface area contributed by atoms with Crippen LogP contribution in [0.5, 0.6) is 0 Å². The van der Waals surface area contributed by atoms with E-state index in [2.05, 4.69) is 10.3 Å². The molecule has 1 N–H and O–H groups in total. The van der Waals surface area contributed by atoms with Crippen molar-refractivity contribution in [2.45, 2.75) is 13.5 Å². The van der Waals surface area contributed by atoms with Crippen LogP contribution >= 0.6 is 0 Å². The molecule has 0 spiro atoms. The number of halogens is 1. The van der Waals surface area contributed by atoms with Gasteiger partial charge in [-0.3, -0.25) is 4.79 Å². The Bertz CT molecular complexity index is 854. The van der Waals surface area contributed by atoms with Crippen LogP contribution in [0.1, 0.15) is 21.7 Å². The third kappa shape index (κ3) is 2.57. The maximum Gasteiger partial charge on any atom is 0.251 e. The summed E-state index contributed by atoms with van der Waals surface area (Å²) in [5.74, 6) is 0.325. The topological polar surface area (TPSA) is 46.9 Å². The van der Waals surface area contributed by atoms with Gasteiger partial charge in [-0.05, 0) is 31.2 Å². The molecule has 1 heterocycles. The van der Waals surface area contributed by atoms with Crippen molar-refractivity contribution in [3.8, 4) is 0 Å². The molecule has 0 aliphatic carbocycles. The van der Waals surface area contributed by atoms with Gasteiger partial charge in [-0.25, -0.2) is 9.37 Å². The van der Waals surface area contributed by atoms with Gasteiger partial charge in [-0.1, -0.05) is 18.2 Å². The number of fused-ring (bicyclic) bond motifs is 1. The summed E-state index contributed by atoms with van der Waals surface area (Å²) in [7, 11) is 1.93. The van der Waals surface area contributed by atoms with Gasteiger partial charge in [-0.15, -0.1) is 0 Å². The SMILES string of the molecule is Cc1nc2cc(C(=O)NCc3ccccc3F)ccc2n1C. The fraction of sp³-hybridized carbons (Fsp3) is 0.176. The fourth-order valence-corrected chi connectivity index (χ4v) is 2.38. The molecule has 1 amide bonds. The third-order valence-corrected chi connectivity index (χ3v) is 3.76. The Balaban J connectivity index is 1.79. The van der Waals surface area contributed by atoms with Crippen LogP contribution in [0, 0.1) is 12.7 Å². The van der Waals surface area contributed by atoms with Gasteiger partial charge in [-0.2, -0.15) is 0 Å². The average Bonchev–Trinajstić information content (AvgIpc) is 2.80. The lowest BCUT2D eigenvalue weighted by atomic mass is 10.1. The lowest BCUT2D eigenvalue weighted by Gasteiger charge is -2.06. The smallest absolute Gasteiger partial charge is 0.251 e. The average molecular weight is 297 g/mol. The molecule has 0 bridgehead atoms. The highest BCUT2D eigenvalue weighted by Crippen LogP contribution is 2.16. The van der Waals surface area contributed by atoms with E-state index in [-0.39, 0.29) is 18.3 Å². The molecule has 22 heavy (non-hydrogen) atoms. The van der Waals surface area contributed by atoms with Crippen molar-refractivity contribution in [1.82, 2.24) is 14.9 Å². The number of aromatic nitrogens is 2. The number of rotatable bonds is 3. The van der Waals surface area contributed by atoms with E-state index in [9.17, 15) is 9.18 Å². The molecule has 0 atom stereocenters. The van der Waals surface area contributed by atoms with Gasteiger partial charge in [0, 0.05) is 24.7 Å². The summed E-state index contributed by atoms with van der Waals surface area (Å²) < 4.78 is 15.5. The monoisotopic (exact) mass is 297 g/mol. The molecule has 0 aliphatic heterocycles. The van der Waals surface area contributed by atoms with E-state index in [1.54, 1.807) is 30.3 Å². The first kappa shape index (κ1) is 14.3. The molecule has 0 radical (unpaired) electrons. The summed E-state index contributed by atoms with van der Waals surface area (Å²) in [6.07, 6.45) is 0. The minimum Gasteiger partial charge on any atom is -0.348 e. The zero-order valence-electron chi connectivity index (χ0n) is 12.4. The number of amides is 1. The normalized spacial score (nSPS) is 10.9. The Labute approximate surface area is 127 Å². The van der Waals surface area contributed by atoms with Crippen LogP contribution < -0.4 is 5.32 Å². The molecular formula is C17H16FN3O. The molecule has 1 aromatic heterocycles. The molecule has 112 valence electrons. The zero-order chi connectivity index (χ0) is 15.7. The lowest BCUT2D eigenvalue weighted by Crippen LogP contribution is -2.23. The van der Waals surface area contributed by atoms with Crippen LogP contribution in [0.2, 0.25) is 0 Å². The quantitative estimate of drug-likeness (QED) is 0.808. The second-order valence-electron chi connectivity index (χ2n) is 5.20. The van der Waals surface area contributed by atoms with Crippen molar-refractivity contribution in [3.05, 3.63) is 65.2 Å². The third-order valence-electron chi connectivity index (χ3n) is 3.76. The lowest BCUT2D eigenvalue weighted by molar-refractivity contribution is 0.0950. The first-order chi connectivity index (χ1) is 10.6. The number of carbonyl (C=O) groups is 1. The molecule has 4 nitrogen and oxygen atoms in total. The number of hydrogen-bond acceptors (Lipinski definition) is 2. The second kappa shape index (κ2) is 5.60. The fourth-order valence-electron chi connectivity index (χ4n) is 2.38. The number of imidazole rings is 1. The predicted molar refractivity (Wildman–Crippen MR) is 83.0 cm³/mol. The molecule has 0 aliphatic rings. The molecule has 2 aromatic carbocycles. The minimum atomic E-state index is -0.321. The molecule has 3 rings (SSSR count). The number of nitrogens with one attached hydrogen (secondary N) is 1. The van der Waals surface area contributed by atoms with Crippen LogP contribution in [0.3, 0.4) is 0 Å². The Morgan fingerprint density at radius 2 is 2.05 bits per heavy atom. The molecule has 0 unspecified atom stereocenters. The van der Waals surface area contributed by atoms with Gasteiger partial charge in [0.1, 0.15) is 11.6 Å². The van der Waals surface area contributed by atoms with Crippen molar-refractivity contribution in [2.24, 2.45) is 7.05 Å². The van der Waals surface area contributed by atoms with Gasteiger partial charge in [0.05, 0.1) is 11.0 Å². The van der Waals surface area contributed by atoms with E-state index in [4.69, 9.17) is 0 Å². The van der Waals surface area contributed by atoms with Gasteiger partial charge < -0.3 is 9.88 Å². The summed E-state index contributed by atoms with van der Waals surface area (Å²) in [5, 5.41) is 2.73. The Hall–Kier alpha value is -2.69. The number of nitrogens with zero attached hydrogens (tertiary/aromatic N) is 2. The van der Waals surface area contributed by atoms with E-state index in [0.717, 1.165) is 16.9 Å². The largest absolute Gasteiger partial charge is 0.348 e. The van der Waals surface area contributed by atoms with E-state index in [1.807, 2.05) is 24.6 Å². The zero-order valence-corrected chi connectivity index (χ0v) is 12.4. The minimum absolute atomic E-state index is 0.158. The summed E-state index contributed by atoms with van der Waals surface area (Å²) in [4.78, 5) is 16.6. The molecule has 0 fully saturated rings. The summed E-state index contributed by atoms with van der Waals surface area (Å²) in [6.45, 7) is 2.07. The second-order valence-corrected chi connectivity index (χ2v) is 5.20. The first-order valence-electron chi connectivity index (χ1n) is 7.01. The van der Waals surface area contributed by atoms with E-state index >= 15 is 0 Å². The molecule has 5 heteroatoms. The van der Waals surface area contributed by atoms with Gasteiger partial charge in [0.15, 0.2) is 0 Å². The summed E-state index contributed by atoms with van der Waals surface area (Å²) in [6, 6.07) is 11.8. The first-order valence-corrected chi connectivity index (χ1v) is 7.01. The van der Waals surface area contributed by atoms with Crippen molar-refractivity contribution < 1.29 is 9.18 Å². The Morgan fingerprint density at radius 3 is 2.82 bits per heavy atom. The number of aryl methyl sites for hydroxylation is 2. The summed E-state index contributed by atoms with van der Waals surface area (Å²) >= 11 is 0. The van der Waals surface area contributed by atoms with Crippen LogP contribution in [0.15, 0.2) is 42.5 Å². The highest BCUT2D eigenvalue weighted by Gasteiger charge is 2.10. The van der Waals surface area contributed by atoms with Crippen molar-refractivity contribution in [2.75, 3.05) is 0 Å². The van der Waals surface area contributed by atoms with E-state index < -0.39 is 0 Å². The number of hydrogen-bond donors (Lipinski definition) is 1. The number of benzene rings is 2. The van der Waals surface area contributed by atoms with E-state index in [1.165, 1.54) is 6.07 Å². The predicted octanol–water partition coefficient (Wildman–Crippen LogP) is 2.95. The maximum absolute atomic E-state index is 13.5. The highest BCUT2D eigenvalue weighted by molar-refractivity contribution is 5.97. The maximum atomic E-state index is 13.5. The van der Waals surface area contributed by atoms with Crippen LogP contribution in [0.4, 0.5) is 4.39 Å². The van der Waals surface area contributed by atoms with Crippen molar-refractivity contribution >= 4 is 16.9 Å². The van der Waals surface area contributed by atoms with Gasteiger partial charge >= 0.3 is 0 Å². The van der Waals surface area contributed by atoms with Crippen LogP contribution in [-0.2, 0) is 13.6 Å². The molecular weight excluding hydrogens is 281 g/mol. The van der Waals surface area contributed by atoms with Crippen molar-refractivity contribution in [1.29, 1.82) is 0 Å². The standard InChI is InChI=1S/C17H16FN3O/c1-11-20-15-9-12(7-8-16(15)21(11)2)17(22)19-10-13-5-3-4-6-14(13)18/h3-9H,10H2,1-2H3,(H,19,22).